The first-order chi connectivity index (χ1) is 17.5. The number of primary amides is 1. The van der Waals surface area contributed by atoms with Gasteiger partial charge in [-0.1, -0.05) is 19.1 Å². The lowest BCUT2D eigenvalue weighted by atomic mass is 10.0. The van der Waals surface area contributed by atoms with Gasteiger partial charge < -0.3 is 40.0 Å². The highest BCUT2D eigenvalue weighted by atomic mass is 16.5. The number of fused-ring (bicyclic) bond motifs is 1. The summed E-state index contributed by atoms with van der Waals surface area (Å²) in [6.07, 6.45) is 3.41. The fourth-order valence-electron chi connectivity index (χ4n) is 5.07. The number of benzene rings is 2. The average Bonchev–Trinajstić information content (AvgIpc) is 3.24. The summed E-state index contributed by atoms with van der Waals surface area (Å²) in [7, 11) is 3.22. The maximum atomic E-state index is 11.4. The lowest BCUT2D eigenvalue weighted by Crippen LogP contribution is -2.46. The molecule has 0 spiro atoms. The van der Waals surface area contributed by atoms with Crippen LogP contribution in [0.5, 0.6) is 17.4 Å². The number of amides is 2. The number of aromatic hydroxyl groups is 1. The van der Waals surface area contributed by atoms with Crippen LogP contribution in [0.1, 0.15) is 31.4 Å². The Morgan fingerprint density at radius 3 is 2.50 bits per heavy atom. The molecule has 9 nitrogen and oxygen atoms in total. The number of rotatable bonds is 10. The zero-order chi connectivity index (χ0) is 25.7. The Hall–Kier alpha value is -3.59. The largest absolute Gasteiger partial charge is 0.494 e. The molecular formula is C27H37N5O4. The van der Waals surface area contributed by atoms with Crippen molar-refractivity contribution in [2.24, 2.45) is 5.73 Å². The lowest BCUT2D eigenvalue weighted by molar-refractivity contribution is 0.248. The Bertz CT molecular complexity index is 1190. The van der Waals surface area contributed by atoms with Crippen LogP contribution in [-0.4, -0.2) is 74.1 Å². The van der Waals surface area contributed by atoms with Crippen molar-refractivity contribution >= 4 is 22.5 Å². The molecule has 1 aliphatic heterocycles. The molecule has 0 unspecified atom stereocenters. The van der Waals surface area contributed by atoms with E-state index in [1.165, 1.54) is 0 Å². The molecule has 0 aliphatic carbocycles. The molecule has 0 bridgehead atoms. The molecule has 1 saturated heterocycles. The van der Waals surface area contributed by atoms with Crippen LogP contribution in [0.4, 0.5) is 10.5 Å². The van der Waals surface area contributed by atoms with Gasteiger partial charge >= 0.3 is 6.03 Å². The minimum atomic E-state index is -0.542. The van der Waals surface area contributed by atoms with Crippen LogP contribution in [-0.2, 0) is 0 Å². The Balaban J connectivity index is 1.72. The van der Waals surface area contributed by atoms with Crippen LogP contribution in [0, 0.1) is 0 Å². The molecule has 36 heavy (non-hydrogen) atoms. The van der Waals surface area contributed by atoms with E-state index in [1.807, 2.05) is 34.9 Å². The molecule has 2 aromatic carbocycles. The van der Waals surface area contributed by atoms with Gasteiger partial charge in [0, 0.05) is 55.4 Å². The van der Waals surface area contributed by atoms with Gasteiger partial charge in [-0.05, 0) is 49.2 Å². The maximum absolute atomic E-state index is 11.4. The summed E-state index contributed by atoms with van der Waals surface area (Å²) in [6, 6.07) is 11.2. The van der Waals surface area contributed by atoms with Crippen molar-refractivity contribution < 1.29 is 19.4 Å². The summed E-state index contributed by atoms with van der Waals surface area (Å²) in [4.78, 5) is 16.0. The molecule has 1 aliphatic rings. The van der Waals surface area contributed by atoms with Gasteiger partial charge in [0.05, 0.1) is 20.3 Å². The number of hydrogen-bond donors (Lipinski definition) is 3. The van der Waals surface area contributed by atoms with E-state index in [1.54, 1.807) is 14.2 Å². The van der Waals surface area contributed by atoms with Gasteiger partial charge in [0.15, 0.2) is 17.4 Å². The van der Waals surface area contributed by atoms with Crippen molar-refractivity contribution in [2.45, 2.75) is 25.8 Å². The minimum Gasteiger partial charge on any atom is -0.494 e. The van der Waals surface area contributed by atoms with Crippen LogP contribution in [0.3, 0.4) is 0 Å². The molecule has 1 aromatic heterocycles. The number of anilines is 1. The molecular weight excluding hydrogens is 458 g/mol. The molecule has 4 N–H and O–H groups in total. The normalized spacial score (nSPS) is 15.1. The molecule has 2 amide bonds. The van der Waals surface area contributed by atoms with Crippen LogP contribution >= 0.6 is 0 Å². The number of carbonyl (C=O) groups is 1. The molecule has 0 radical (unpaired) electrons. The highest BCUT2D eigenvalue weighted by Gasteiger charge is 2.24. The first kappa shape index (κ1) is 25.5. The Morgan fingerprint density at radius 1 is 1.08 bits per heavy atom. The van der Waals surface area contributed by atoms with E-state index in [9.17, 15) is 9.90 Å². The number of aromatic nitrogens is 1. The highest BCUT2D eigenvalue weighted by molar-refractivity contribution is 5.98. The molecule has 0 saturated carbocycles. The van der Waals surface area contributed by atoms with Gasteiger partial charge in [0.25, 0.3) is 0 Å². The summed E-state index contributed by atoms with van der Waals surface area (Å²) in [5.74, 6) is 1.49. The quantitative estimate of drug-likeness (QED) is 0.372. The summed E-state index contributed by atoms with van der Waals surface area (Å²) >= 11 is 0. The molecule has 9 heteroatoms. The van der Waals surface area contributed by atoms with Crippen molar-refractivity contribution in [2.75, 3.05) is 58.4 Å². The number of piperazine rings is 1. The average molecular weight is 496 g/mol. The molecule has 4 rings (SSSR count). The maximum Gasteiger partial charge on any atom is 0.312 e. The predicted molar refractivity (Wildman–Crippen MR) is 142 cm³/mol. The highest BCUT2D eigenvalue weighted by Crippen LogP contribution is 2.40. The number of carbonyl (C=O) groups excluding carboxylic acids is 1. The third kappa shape index (κ3) is 5.31. The number of nitrogens with one attached hydrogen (secondary N) is 1. The predicted octanol–water partition coefficient (Wildman–Crippen LogP) is 3.54. The zero-order valence-corrected chi connectivity index (χ0v) is 21.4. The van der Waals surface area contributed by atoms with E-state index >= 15 is 0 Å². The number of urea groups is 1. The standard InChI is InChI=1S/C27H37N5O4/c1-4-30-13-15-31(16-14-30)23-8-5-7-20-21(23)18-32(26(20)33)22(9-6-12-29-27(28)34)19-10-11-24(35-2)25(17-19)36-3/h5,7-8,10-11,17-18,22,33H,4,6,9,12-16H2,1-3H3,(H3,28,29,34)/t22-/m1/s1. The monoisotopic (exact) mass is 495 g/mol. The van der Waals surface area contributed by atoms with E-state index < -0.39 is 6.03 Å². The topological polar surface area (TPSA) is 105 Å². The summed E-state index contributed by atoms with van der Waals surface area (Å²) in [6.45, 7) is 7.68. The van der Waals surface area contributed by atoms with Crippen LogP contribution in [0.2, 0.25) is 0 Å². The SMILES string of the molecule is CCN1CCN(c2cccc3c(O)n([C@H](CCCNC(N)=O)c4ccc(OC)c(OC)c4)cc23)CC1. The molecule has 3 aromatic rings. The van der Waals surface area contributed by atoms with Gasteiger partial charge in [-0.3, -0.25) is 0 Å². The molecule has 1 fully saturated rings. The third-order valence-corrected chi connectivity index (χ3v) is 7.08. The number of hydrogen-bond acceptors (Lipinski definition) is 6. The van der Waals surface area contributed by atoms with Crippen LogP contribution < -0.4 is 25.4 Å². The van der Waals surface area contributed by atoms with Gasteiger partial charge in [0.1, 0.15) is 0 Å². The number of methoxy groups -OCH3 is 2. The van der Waals surface area contributed by atoms with Crippen LogP contribution in [0.25, 0.3) is 10.8 Å². The zero-order valence-electron chi connectivity index (χ0n) is 21.4. The molecule has 2 heterocycles. The molecule has 194 valence electrons. The number of nitrogens with zero attached hydrogens (tertiary/aromatic N) is 3. The van der Waals surface area contributed by atoms with Crippen molar-refractivity contribution in [1.29, 1.82) is 0 Å². The third-order valence-electron chi connectivity index (χ3n) is 7.08. The second kappa shape index (κ2) is 11.4. The number of nitrogens with two attached hydrogens (primary N) is 1. The minimum absolute atomic E-state index is 0.184. The van der Waals surface area contributed by atoms with Gasteiger partial charge in [-0.15, -0.1) is 0 Å². The summed E-state index contributed by atoms with van der Waals surface area (Å²) in [5, 5.41) is 15.9. The first-order valence-corrected chi connectivity index (χ1v) is 12.5. The van der Waals surface area contributed by atoms with E-state index in [0.29, 0.717) is 30.9 Å². The summed E-state index contributed by atoms with van der Waals surface area (Å²) in [5.41, 5.74) is 7.36. The van der Waals surface area contributed by atoms with Gasteiger partial charge in [-0.2, -0.15) is 0 Å². The van der Waals surface area contributed by atoms with E-state index in [0.717, 1.165) is 54.7 Å². The van der Waals surface area contributed by atoms with Gasteiger partial charge in [-0.25, -0.2) is 4.79 Å². The van der Waals surface area contributed by atoms with Crippen molar-refractivity contribution in [3.05, 3.63) is 48.2 Å². The van der Waals surface area contributed by atoms with Crippen molar-refractivity contribution in [3.8, 4) is 17.4 Å². The number of likely N-dealkylation sites (N-methyl/N-ethyl adjacent to an activating group) is 1. The second-order valence-corrected chi connectivity index (χ2v) is 9.08. The second-order valence-electron chi connectivity index (χ2n) is 9.08. The van der Waals surface area contributed by atoms with Crippen molar-refractivity contribution in [3.63, 3.8) is 0 Å². The lowest BCUT2D eigenvalue weighted by Gasteiger charge is -2.35. The smallest absolute Gasteiger partial charge is 0.312 e. The van der Waals surface area contributed by atoms with E-state index in [2.05, 4.69) is 34.3 Å². The van der Waals surface area contributed by atoms with Crippen LogP contribution in [0.15, 0.2) is 42.6 Å². The Labute approximate surface area is 212 Å². The van der Waals surface area contributed by atoms with Gasteiger partial charge in [0.2, 0.25) is 0 Å². The Kier molecular flexibility index (Phi) is 8.10. The first-order valence-electron chi connectivity index (χ1n) is 12.5. The summed E-state index contributed by atoms with van der Waals surface area (Å²) < 4.78 is 12.9. The molecule has 1 atom stereocenters. The number of ether oxygens (including phenoxy) is 2. The van der Waals surface area contributed by atoms with E-state index in [4.69, 9.17) is 15.2 Å². The fourth-order valence-corrected chi connectivity index (χ4v) is 5.07. The van der Waals surface area contributed by atoms with Crippen molar-refractivity contribution in [1.82, 2.24) is 14.8 Å². The van der Waals surface area contributed by atoms with E-state index in [-0.39, 0.29) is 11.9 Å². The Morgan fingerprint density at radius 2 is 1.83 bits per heavy atom. The fraction of sp³-hybridized carbons (Fsp3) is 0.444.